The van der Waals surface area contributed by atoms with Gasteiger partial charge in [0.1, 0.15) is 12.4 Å². The monoisotopic (exact) mass is 211 g/mol. The molecule has 0 aliphatic heterocycles. The van der Waals surface area contributed by atoms with Gasteiger partial charge >= 0.3 is 0 Å². The van der Waals surface area contributed by atoms with Gasteiger partial charge < -0.3 is 4.74 Å². The van der Waals surface area contributed by atoms with Gasteiger partial charge in [-0.3, -0.25) is 0 Å². The van der Waals surface area contributed by atoms with Crippen LogP contribution in [0.5, 0.6) is 5.75 Å². The van der Waals surface area contributed by atoms with E-state index in [2.05, 4.69) is 25.1 Å². The van der Waals surface area contributed by atoms with E-state index in [0.29, 0.717) is 6.61 Å². The van der Waals surface area contributed by atoms with Crippen molar-refractivity contribution in [2.45, 2.75) is 20.0 Å². The van der Waals surface area contributed by atoms with Crippen LogP contribution < -0.4 is 4.74 Å². The van der Waals surface area contributed by atoms with E-state index >= 15 is 0 Å². The zero-order valence-electron chi connectivity index (χ0n) is 9.44. The van der Waals surface area contributed by atoms with Crippen molar-refractivity contribution in [3.8, 4) is 5.75 Å². The molecule has 2 aromatic rings. The molecule has 16 heavy (non-hydrogen) atoms. The molecule has 0 fully saturated rings. The highest BCUT2D eigenvalue weighted by Crippen LogP contribution is 2.14. The topological polar surface area (TPSA) is 9.23 Å². The fraction of sp³-hybridized carbons (Fsp3) is 0.200. The summed E-state index contributed by atoms with van der Waals surface area (Å²) < 4.78 is 5.68. The molecule has 0 heterocycles. The van der Waals surface area contributed by atoms with Crippen molar-refractivity contribution in [2.75, 3.05) is 0 Å². The third-order valence-electron chi connectivity index (χ3n) is 2.52. The van der Waals surface area contributed by atoms with Gasteiger partial charge in [0.15, 0.2) is 0 Å². The van der Waals surface area contributed by atoms with Crippen molar-refractivity contribution in [1.29, 1.82) is 0 Å². The number of rotatable bonds is 4. The van der Waals surface area contributed by atoms with E-state index in [1.54, 1.807) is 0 Å². The summed E-state index contributed by atoms with van der Waals surface area (Å²) in [5.41, 5.74) is 2.50. The van der Waals surface area contributed by atoms with E-state index in [4.69, 9.17) is 4.74 Å². The number of benzene rings is 2. The van der Waals surface area contributed by atoms with Gasteiger partial charge in [0.25, 0.3) is 0 Å². The first-order chi connectivity index (χ1) is 7.88. The Kier molecular flexibility index (Phi) is 3.60. The number of hydrogen-bond acceptors (Lipinski definition) is 1. The maximum Gasteiger partial charge on any atom is 0.119 e. The van der Waals surface area contributed by atoms with E-state index in [1.807, 2.05) is 36.4 Å². The fourth-order valence-corrected chi connectivity index (χ4v) is 1.51. The highest BCUT2D eigenvalue weighted by atomic mass is 16.5. The van der Waals surface area contributed by atoms with E-state index < -0.39 is 0 Å². The van der Waals surface area contributed by atoms with Crippen LogP contribution in [-0.4, -0.2) is 0 Å². The number of hydrogen-bond donors (Lipinski definition) is 0. The lowest BCUT2D eigenvalue weighted by Gasteiger charge is -2.06. The minimum Gasteiger partial charge on any atom is -0.489 e. The molecule has 0 unspecified atom stereocenters. The smallest absolute Gasteiger partial charge is 0.119 e. The normalized spacial score (nSPS) is 10.1. The highest BCUT2D eigenvalue weighted by Gasteiger charge is 1.95. The molecule has 0 aliphatic carbocycles. The van der Waals surface area contributed by atoms with Crippen LogP contribution in [0.3, 0.4) is 0 Å². The van der Waals surface area contributed by atoms with E-state index in [9.17, 15) is 0 Å². The van der Waals surface area contributed by atoms with Crippen molar-refractivity contribution in [3.63, 3.8) is 0 Å². The van der Waals surface area contributed by atoms with Crippen molar-refractivity contribution < 1.29 is 4.74 Å². The first-order valence-electron chi connectivity index (χ1n) is 5.55. The van der Waals surface area contributed by atoms with Crippen LogP contribution in [0.15, 0.2) is 48.5 Å². The Morgan fingerprint density at radius 3 is 2.25 bits per heavy atom. The van der Waals surface area contributed by atoms with Crippen LogP contribution in [0, 0.1) is 6.07 Å². The van der Waals surface area contributed by atoms with Crippen LogP contribution in [-0.2, 0) is 13.0 Å². The second-order valence-corrected chi connectivity index (χ2v) is 3.69. The summed E-state index contributed by atoms with van der Waals surface area (Å²) in [5.74, 6) is 0.921. The molecule has 2 rings (SSSR count). The van der Waals surface area contributed by atoms with E-state index in [0.717, 1.165) is 12.2 Å². The second-order valence-electron chi connectivity index (χ2n) is 3.69. The molecule has 0 bridgehead atoms. The van der Waals surface area contributed by atoms with Gasteiger partial charge in [0, 0.05) is 0 Å². The van der Waals surface area contributed by atoms with Crippen molar-refractivity contribution in [3.05, 3.63) is 65.7 Å². The molecule has 0 saturated carbocycles. The van der Waals surface area contributed by atoms with Gasteiger partial charge in [-0.2, -0.15) is 0 Å². The average molecular weight is 211 g/mol. The first-order valence-corrected chi connectivity index (χ1v) is 5.55. The van der Waals surface area contributed by atoms with Gasteiger partial charge in [-0.15, -0.1) is 0 Å². The highest BCUT2D eigenvalue weighted by molar-refractivity contribution is 5.27. The summed E-state index contributed by atoms with van der Waals surface area (Å²) in [6.07, 6.45) is 1.06. The van der Waals surface area contributed by atoms with Crippen molar-refractivity contribution in [1.82, 2.24) is 0 Å². The molecule has 1 nitrogen and oxygen atoms in total. The van der Waals surface area contributed by atoms with Gasteiger partial charge in [0.05, 0.1) is 0 Å². The van der Waals surface area contributed by atoms with Crippen LogP contribution in [0.1, 0.15) is 18.1 Å². The first kappa shape index (κ1) is 10.7. The van der Waals surface area contributed by atoms with Gasteiger partial charge in [-0.1, -0.05) is 43.3 Å². The van der Waals surface area contributed by atoms with Gasteiger partial charge in [-0.05, 0) is 35.7 Å². The SMILES string of the molecule is CCc1ccc(OCc2cc[c]cc2)cc1. The molecule has 0 aromatic heterocycles. The van der Waals surface area contributed by atoms with Gasteiger partial charge in [-0.25, -0.2) is 0 Å². The summed E-state index contributed by atoms with van der Waals surface area (Å²) in [7, 11) is 0. The minimum absolute atomic E-state index is 0.611. The summed E-state index contributed by atoms with van der Waals surface area (Å²) in [6.45, 7) is 2.76. The second kappa shape index (κ2) is 5.36. The molecule has 0 saturated heterocycles. The Morgan fingerprint density at radius 1 is 0.938 bits per heavy atom. The molecular formula is C15H15O. The van der Waals surface area contributed by atoms with Crippen LogP contribution >= 0.6 is 0 Å². The van der Waals surface area contributed by atoms with Crippen molar-refractivity contribution in [2.24, 2.45) is 0 Å². The predicted octanol–water partition coefficient (Wildman–Crippen LogP) is 3.63. The molecule has 1 heteroatoms. The molecule has 0 aliphatic rings. The predicted molar refractivity (Wildman–Crippen MR) is 65.4 cm³/mol. The zero-order valence-corrected chi connectivity index (χ0v) is 9.44. The lowest BCUT2D eigenvalue weighted by atomic mass is 10.2. The number of aryl methyl sites for hydroxylation is 1. The lowest BCUT2D eigenvalue weighted by molar-refractivity contribution is 0.306. The average Bonchev–Trinajstić information content (AvgIpc) is 2.38. The Balaban J connectivity index is 1.94. The summed E-state index contributed by atoms with van der Waals surface area (Å²) in [5, 5.41) is 0. The van der Waals surface area contributed by atoms with E-state index in [-0.39, 0.29) is 0 Å². The molecule has 0 atom stereocenters. The molecule has 2 aromatic carbocycles. The third-order valence-corrected chi connectivity index (χ3v) is 2.52. The Bertz CT molecular complexity index is 417. The summed E-state index contributed by atoms with van der Waals surface area (Å²) in [4.78, 5) is 0. The Morgan fingerprint density at radius 2 is 1.62 bits per heavy atom. The van der Waals surface area contributed by atoms with E-state index in [1.165, 1.54) is 11.1 Å². The van der Waals surface area contributed by atoms with Crippen LogP contribution in [0.25, 0.3) is 0 Å². The Labute approximate surface area is 96.7 Å². The quantitative estimate of drug-likeness (QED) is 0.750. The van der Waals surface area contributed by atoms with Gasteiger partial charge in [0.2, 0.25) is 0 Å². The molecular weight excluding hydrogens is 196 g/mol. The Hall–Kier alpha value is -1.76. The zero-order chi connectivity index (χ0) is 11.2. The molecule has 1 radical (unpaired) electrons. The maximum atomic E-state index is 5.68. The fourth-order valence-electron chi connectivity index (χ4n) is 1.51. The third kappa shape index (κ3) is 2.86. The lowest BCUT2D eigenvalue weighted by Crippen LogP contribution is -1.94. The summed E-state index contributed by atoms with van der Waals surface area (Å²) in [6, 6.07) is 19.1. The minimum atomic E-state index is 0.611. The van der Waals surface area contributed by atoms with Crippen LogP contribution in [0.4, 0.5) is 0 Å². The largest absolute Gasteiger partial charge is 0.489 e. The summed E-state index contributed by atoms with van der Waals surface area (Å²) >= 11 is 0. The molecule has 0 amide bonds. The standard InChI is InChI=1S/C15H15O/c1-2-13-8-10-15(11-9-13)16-12-14-6-4-3-5-7-14/h4-11H,2,12H2,1H3. The molecule has 0 N–H and O–H groups in total. The maximum absolute atomic E-state index is 5.68. The molecule has 81 valence electrons. The van der Waals surface area contributed by atoms with Crippen LogP contribution in [0.2, 0.25) is 0 Å². The number of ether oxygens (including phenoxy) is 1. The molecule has 0 spiro atoms. The van der Waals surface area contributed by atoms with Crippen molar-refractivity contribution >= 4 is 0 Å².